The van der Waals surface area contributed by atoms with E-state index in [-0.39, 0.29) is 24.4 Å². The molecule has 0 radical (unpaired) electrons. The molecule has 1 aromatic rings. The zero-order valence-corrected chi connectivity index (χ0v) is 13.8. The molecule has 0 bridgehead atoms. The first kappa shape index (κ1) is 18.7. The average Bonchev–Trinajstić information content (AvgIpc) is 2.53. The molecule has 0 saturated carbocycles. The van der Waals surface area contributed by atoms with Gasteiger partial charge in [0.2, 0.25) is 0 Å². The molecular weight excluding hydrogens is 304 g/mol. The summed E-state index contributed by atoms with van der Waals surface area (Å²) >= 11 is 0. The van der Waals surface area contributed by atoms with Crippen LogP contribution < -0.4 is 15.4 Å². The Bertz CT molecular complexity index is 451. The Balaban J connectivity index is 0.00000242. The van der Waals surface area contributed by atoms with Crippen LogP contribution in [0.3, 0.4) is 0 Å². The van der Waals surface area contributed by atoms with Gasteiger partial charge >= 0.3 is 0 Å². The fourth-order valence-corrected chi connectivity index (χ4v) is 2.36. The van der Waals surface area contributed by atoms with Crippen molar-refractivity contribution < 1.29 is 14.3 Å². The number of hydrogen-bond acceptors (Lipinski definition) is 4. The third-order valence-electron chi connectivity index (χ3n) is 3.50. The van der Waals surface area contributed by atoms with E-state index in [9.17, 15) is 4.79 Å². The maximum absolute atomic E-state index is 12.4. The molecule has 1 aliphatic rings. The van der Waals surface area contributed by atoms with Gasteiger partial charge in [-0.2, -0.15) is 0 Å². The van der Waals surface area contributed by atoms with Crippen LogP contribution in [0.5, 0.6) is 5.75 Å². The zero-order valence-electron chi connectivity index (χ0n) is 13.0. The lowest BCUT2D eigenvalue weighted by Crippen LogP contribution is -2.42. The van der Waals surface area contributed by atoms with Gasteiger partial charge in [-0.25, -0.2) is 0 Å². The number of piperidine rings is 1. The van der Waals surface area contributed by atoms with Gasteiger partial charge in [-0.3, -0.25) is 4.79 Å². The van der Waals surface area contributed by atoms with Crippen molar-refractivity contribution in [1.82, 2.24) is 10.6 Å². The number of halogens is 1. The standard InChI is InChI=1S/C16H24N2O3.ClH/c1-2-20-11-12-21-15-6-4-3-5-14(15)16(19)18-13-7-9-17-10-8-13;/h3-6,13,17H,2,7-12H2,1H3,(H,18,19);1H. The second-order valence-electron chi connectivity index (χ2n) is 5.04. The minimum Gasteiger partial charge on any atom is -0.490 e. The predicted octanol–water partition coefficient (Wildman–Crippen LogP) is 2.01. The predicted molar refractivity (Wildman–Crippen MR) is 89.0 cm³/mol. The van der Waals surface area contributed by atoms with Crippen LogP contribution in [0.2, 0.25) is 0 Å². The average molecular weight is 329 g/mol. The Kier molecular flexibility index (Phi) is 8.89. The smallest absolute Gasteiger partial charge is 0.255 e. The fraction of sp³-hybridized carbons (Fsp3) is 0.562. The molecular formula is C16H25ClN2O3. The van der Waals surface area contributed by atoms with Crippen molar-refractivity contribution in [2.45, 2.75) is 25.8 Å². The molecule has 1 saturated heterocycles. The molecule has 5 nitrogen and oxygen atoms in total. The van der Waals surface area contributed by atoms with Crippen LogP contribution >= 0.6 is 12.4 Å². The largest absolute Gasteiger partial charge is 0.490 e. The monoisotopic (exact) mass is 328 g/mol. The van der Waals surface area contributed by atoms with E-state index in [1.54, 1.807) is 6.07 Å². The second-order valence-corrected chi connectivity index (χ2v) is 5.04. The minimum absolute atomic E-state index is 0. The van der Waals surface area contributed by atoms with Crippen molar-refractivity contribution in [2.75, 3.05) is 32.9 Å². The third-order valence-corrected chi connectivity index (χ3v) is 3.50. The molecule has 0 aliphatic carbocycles. The molecule has 1 aliphatic heterocycles. The Morgan fingerprint density at radius 1 is 1.27 bits per heavy atom. The summed E-state index contributed by atoms with van der Waals surface area (Å²) in [4.78, 5) is 12.4. The summed E-state index contributed by atoms with van der Waals surface area (Å²) in [7, 11) is 0. The Hall–Kier alpha value is -1.30. The van der Waals surface area contributed by atoms with Crippen molar-refractivity contribution >= 4 is 18.3 Å². The van der Waals surface area contributed by atoms with Crippen molar-refractivity contribution in [3.8, 4) is 5.75 Å². The van der Waals surface area contributed by atoms with E-state index in [0.717, 1.165) is 25.9 Å². The van der Waals surface area contributed by atoms with E-state index in [2.05, 4.69) is 10.6 Å². The molecule has 2 rings (SSSR count). The fourth-order valence-electron chi connectivity index (χ4n) is 2.36. The Morgan fingerprint density at radius 3 is 2.73 bits per heavy atom. The molecule has 6 heteroatoms. The van der Waals surface area contributed by atoms with Crippen LogP contribution in [-0.4, -0.2) is 44.9 Å². The number of benzene rings is 1. The molecule has 1 aromatic carbocycles. The molecule has 22 heavy (non-hydrogen) atoms. The molecule has 0 aromatic heterocycles. The van der Waals surface area contributed by atoms with Crippen LogP contribution in [0.1, 0.15) is 30.1 Å². The Morgan fingerprint density at radius 2 is 2.00 bits per heavy atom. The highest BCUT2D eigenvalue weighted by molar-refractivity contribution is 5.97. The van der Waals surface area contributed by atoms with E-state index in [4.69, 9.17) is 9.47 Å². The van der Waals surface area contributed by atoms with E-state index < -0.39 is 0 Å². The first-order valence-electron chi connectivity index (χ1n) is 7.62. The van der Waals surface area contributed by atoms with Gasteiger partial charge in [-0.1, -0.05) is 12.1 Å². The molecule has 1 fully saturated rings. The van der Waals surface area contributed by atoms with E-state index >= 15 is 0 Å². The maximum Gasteiger partial charge on any atom is 0.255 e. The summed E-state index contributed by atoms with van der Waals surface area (Å²) in [6, 6.07) is 7.59. The summed E-state index contributed by atoms with van der Waals surface area (Å²) < 4.78 is 10.9. The number of carbonyl (C=O) groups excluding carboxylic acids is 1. The maximum atomic E-state index is 12.4. The third kappa shape index (κ3) is 5.83. The topological polar surface area (TPSA) is 59.6 Å². The zero-order chi connectivity index (χ0) is 14.9. The lowest BCUT2D eigenvalue weighted by molar-refractivity contribution is 0.0914. The van der Waals surface area contributed by atoms with Crippen LogP contribution in [0, 0.1) is 0 Å². The van der Waals surface area contributed by atoms with Crippen LogP contribution in [-0.2, 0) is 4.74 Å². The highest BCUT2D eigenvalue weighted by Gasteiger charge is 2.18. The SMILES string of the molecule is CCOCCOc1ccccc1C(=O)NC1CCNCC1.Cl. The van der Waals surface area contributed by atoms with Gasteiger partial charge in [0.15, 0.2) is 0 Å². The summed E-state index contributed by atoms with van der Waals surface area (Å²) in [5.41, 5.74) is 0.590. The van der Waals surface area contributed by atoms with Gasteiger partial charge in [-0.05, 0) is 45.0 Å². The van der Waals surface area contributed by atoms with Crippen LogP contribution in [0.15, 0.2) is 24.3 Å². The highest BCUT2D eigenvalue weighted by Crippen LogP contribution is 2.18. The summed E-state index contributed by atoms with van der Waals surface area (Å²) in [6.45, 7) is 5.50. The molecule has 2 N–H and O–H groups in total. The number of nitrogens with one attached hydrogen (secondary N) is 2. The number of amides is 1. The number of rotatable bonds is 7. The van der Waals surface area contributed by atoms with Crippen molar-refractivity contribution in [3.63, 3.8) is 0 Å². The molecule has 0 unspecified atom stereocenters. The summed E-state index contributed by atoms with van der Waals surface area (Å²) in [6.07, 6.45) is 1.94. The van der Waals surface area contributed by atoms with Crippen LogP contribution in [0.25, 0.3) is 0 Å². The first-order valence-corrected chi connectivity index (χ1v) is 7.62. The normalized spacial score (nSPS) is 15.0. The number of para-hydroxylation sites is 1. The van der Waals surface area contributed by atoms with Crippen molar-refractivity contribution in [3.05, 3.63) is 29.8 Å². The second kappa shape index (κ2) is 10.4. The van der Waals surface area contributed by atoms with E-state index in [1.807, 2.05) is 25.1 Å². The van der Waals surface area contributed by atoms with Gasteiger partial charge in [0.05, 0.1) is 12.2 Å². The summed E-state index contributed by atoms with van der Waals surface area (Å²) in [5, 5.41) is 6.38. The van der Waals surface area contributed by atoms with Gasteiger partial charge in [0.1, 0.15) is 12.4 Å². The quantitative estimate of drug-likeness (QED) is 0.752. The first-order chi connectivity index (χ1) is 10.3. The minimum atomic E-state index is -0.0612. The van der Waals surface area contributed by atoms with Crippen molar-refractivity contribution in [1.29, 1.82) is 0 Å². The molecule has 1 heterocycles. The van der Waals surface area contributed by atoms with Crippen LogP contribution in [0.4, 0.5) is 0 Å². The number of ether oxygens (including phenoxy) is 2. The molecule has 1 amide bonds. The lowest BCUT2D eigenvalue weighted by Gasteiger charge is -2.24. The highest BCUT2D eigenvalue weighted by atomic mass is 35.5. The molecule has 0 spiro atoms. The van der Waals surface area contributed by atoms with E-state index in [1.165, 1.54) is 0 Å². The number of hydrogen-bond donors (Lipinski definition) is 2. The van der Waals surface area contributed by atoms with E-state index in [0.29, 0.717) is 31.1 Å². The van der Waals surface area contributed by atoms with Gasteiger partial charge in [-0.15, -0.1) is 12.4 Å². The van der Waals surface area contributed by atoms with Gasteiger partial charge in [0, 0.05) is 12.6 Å². The van der Waals surface area contributed by atoms with Crippen molar-refractivity contribution in [2.24, 2.45) is 0 Å². The van der Waals surface area contributed by atoms with Gasteiger partial charge < -0.3 is 20.1 Å². The lowest BCUT2D eigenvalue weighted by atomic mass is 10.1. The number of carbonyl (C=O) groups is 1. The van der Waals surface area contributed by atoms with Gasteiger partial charge in [0.25, 0.3) is 5.91 Å². The Labute approximate surface area is 138 Å². The molecule has 0 atom stereocenters. The molecule has 124 valence electrons. The summed E-state index contributed by atoms with van der Waals surface area (Å²) in [5.74, 6) is 0.553.